The molecule has 0 unspecified atom stereocenters. The van der Waals surface area contributed by atoms with Gasteiger partial charge in [-0.15, -0.1) is 0 Å². The van der Waals surface area contributed by atoms with Crippen molar-refractivity contribution < 1.29 is 9.53 Å². The van der Waals surface area contributed by atoms with E-state index in [2.05, 4.69) is 0 Å². The SMILES string of the molecule is O=C1C(=Cc2ccc(Cl)cc2Cl)N=C(c2ccccc2)N1c1ccccc1Oc1ccccc1. The molecule has 1 aliphatic heterocycles. The van der Waals surface area contributed by atoms with Crippen LogP contribution in [0.5, 0.6) is 11.5 Å². The van der Waals surface area contributed by atoms with Gasteiger partial charge in [-0.2, -0.15) is 0 Å². The molecule has 0 fully saturated rings. The Morgan fingerprint density at radius 1 is 0.794 bits per heavy atom. The summed E-state index contributed by atoms with van der Waals surface area (Å²) in [4.78, 5) is 20.0. The van der Waals surface area contributed by atoms with Crippen LogP contribution in [-0.2, 0) is 4.79 Å². The van der Waals surface area contributed by atoms with E-state index in [-0.39, 0.29) is 11.6 Å². The highest BCUT2D eigenvalue weighted by Gasteiger charge is 2.34. The molecule has 4 aromatic rings. The smallest absolute Gasteiger partial charge is 0.282 e. The molecule has 0 aromatic heterocycles. The first-order valence-corrected chi connectivity index (χ1v) is 11.3. The molecule has 1 aliphatic rings. The average Bonchev–Trinajstić information content (AvgIpc) is 3.18. The van der Waals surface area contributed by atoms with Gasteiger partial charge in [-0.05, 0) is 48.0 Å². The molecular formula is C28H18Cl2N2O2. The number of hydrogen-bond donors (Lipinski definition) is 0. The summed E-state index contributed by atoms with van der Waals surface area (Å²) in [6.45, 7) is 0. The molecule has 1 amide bonds. The van der Waals surface area contributed by atoms with Crippen molar-refractivity contribution in [1.29, 1.82) is 0 Å². The van der Waals surface area contributed by atoms with Crippen LogP contribution < -0.4 is 9.64 Å². The van der Waals surface area contributed by atoms with Crippen molar-refractivity contribution in [2.45, 2.75) is 0 Å². The number of para-hydroxylation sites is 3. The summed E-state index contributed by atoms with van der Waals surface area (Å²) >= 11 is 12.4. The number of rotatable bonds is 5. The molecule has 5 rings (SSSR count). The maximum Gasteiger partial charge on any atom is 0.282 e. The van der Waals surface area contributed by atoms with Crippen LogP contribution >= 0.6 is 23.2 Å². The molecule has 166 valence electrons. The lowest BCUT2D eigenvalue weighted by Gasteiger charge is -2.21. The predicted octanol–water partition coefficient (Wildman–Crippen LogP) is 7.62. The molecule has 4 nitrogen and oxygen atoms in total. The molecule has 6 heteroatoms. The number of nitrogens with zero attached hydrogens (tertiary/aromatic N) is 2. The van der Waals surface area contributed by atoms with Gasteiger partial charge in [-0.3, -0.25) is 9.69 Å². The summed E-state index contributed by atoms with van der Waals surface area (Å²) in [6.07, 6.45) is 1.67. The summed E-state index contributed by atoms with van der Waals surface area (Å²) in [5.41, 5.74) is 2.30. The Morgan fingerprint density at radius 3 is 2.21 bits per heavy atom. The first-order chi connectivity index (χ1) is 16.6. The lowest BCUT2D eigenvalue weighted by molar-refractivity contribution is -0.113. The van der Waals surface area contributed by atoms with E-state index in [1.165, 1.54) is 0 Å². The van der Waals surface area contributed by atoms with Gasteiger partial charge in [0.05, 0.1) is 5.69 Å². The van der Waals surface area contributed by atoms with Gasteiger partial charge < -0.3 is 4.74 Å². The number of carbonyl (C=O) groups excluding carboxylic acids is 1. The van der Waals surface area contributed by atoms with Crippen LogP contribution in [0.4, 0.5) is 5.69 Å². The zero-order valence-electron chi connectivity index (χ0n) is 17.9. The van der Waals surface area contributed by atoms with Crippen LogP contribution in [0.15, 0.2) is 114 Å². The zero-order valence-corrected chi connectivity index (χ0v) is 19.4. The molecule has 0 aliphatic carbocycles. The quantitative estimate of drug-likeness (QED) is 0.273. The second-order valence-corrected chi connectivity index (χ2v) is 8.36. The van der Waals surface area contributed by atoms with Gasteiger partial charge in [0.1, 0.15) is 17.3 Å². The molecule has 1 heterocycles. The number of halogens is 2. The Balaban J connectivity index is 1.61. The second kappa shape index (κ2) is 9.56. The summed E-state index contributed by atoms with van der Waals surface area (Å²) in [6, 6.07) is 31.5. The van der Waals surface area contributed by atoms with Crippen LogP contribution in [0, 0.1) is 0 Å². The van der Waals surface area contributed by atoms with Crippen LogP contribution in [-0.4, -0.2) is 11.7 Å². The monoisotopic (exact) mass is 484 g/mol. The first-order valence-electron chi connectivity index (χ1n) is 10.6. The molecule has 0 atom stereocenters. The highest BCUT2D eigenvalue weighted by atomic mass is 35.5. The van der Waals surface area contributed by atoms with Gasteiger partial charge in [0, 0.05) is 15.6 Å². The maximum atomic E-state index is 13.7. The number of anilines is 1. The van der Waals surface area contributed by atoms with Crippen LogP contribution in [0.2, 0.25) is 10.0 Å². The third-order valence-electron chi connectivity index (χ3n) is 5.22. The van der Waals surface area contributed by atoms with E-state index in [9.17, 15) is 4.79 Å². The topological polar surface area (TPSA) is 41.9 Å². The highest BCUT2D eigenvalue weighted by molar-refractivity contribution is 6.36. The zero-order chi connectivity index (χ0) is 23.5. The van der Waals surface area contributed by atoms with Gasteiger partial charge in [0.15, 0.2) is 5.75 Å². The molecule has 34 heavy (non-hydrogen) atoms. The molecule has 0 saturated heterocycles. The third kappa shape index (κ3) is 4.46. The van der Waals surface area contributed by atoms with Gasteiger partial charge in [-0.1, -0.05) is 89.9 Å². The minimum atomic E-state index is -0.283. The molecule has 0 bridgehead atoms. The molecule has 4 aromatic carbocycles. The van der Waals surface area contributed by atoms with E-state index < -0.39 is 0 Å². The van der Waals surface area contributed by atoms with E-state index in [0.717, 1.165) is 5.56 Å². The molecule has 0 saturated carbocycles. The third-order valence-corrected chi connectivity index (χ3v) is 5.79. The molecular weight excluding hydrogens is 467 g/mol. The lowest BCUT2D eigenvalue weighted by Crippen LogP contribution is -2.32. The largest absolute Gasteiger partial charge is 0.455 e. The van der Waals surface area contributed by atoms with Gasteiger partial charge >= 0.3 is 0 Å². The fourth-order valence-electron chi connectivity index (χ4n) is 3.63. The van der Waals surface area contributed by atoms with Crippen molar-refractivity contribution >= 4 is 46.7 Å². The number of carbonyl (C=O) groups is 1. The van der Waals surface area contributed by atoms with Gasteiger partial charge in [0.25, 0.3) is 5.91 Å². The van der Waals surface area contributed by atoms with Crippen molar-refractivity contribution in [3.8, 4) is 11.5 Å². The maximum absolute atomic E-state index is 13.7. The molecule has 0 spiro atoms. The van der Waals surface area contributed by atoms with Crippen molar-refractivity contribution in [3.05, 3.63) is 130 Å². The summed E-state index contributed by atoms with van der Waals surface area (Å²) < 4.78 is 6.14. The number of aliphatic imine (C=N–C) groups is 1. The van der Waals surface area contributed by atoms with Crippen LogP contribution in [0.25, 0.3) is 6.08 Å². The van der Waals surface area contributed by atoms with Crippen LogP contribution in [0.1, 0.15) is 11.1 Å². The second-order valence-electron chi connectivity index (χ2n) is 7.52. The van der Waals surface area contributed by atoms with Gasteiger partial charge in [-0.25, -0.2) is 4.99 Å². The molecule has 0 radical (unpaired) electrons. The number of hydrogen-bond acceptors (Lipinski definition) is 3. The summed E-state index contributed by atoms with van der Waals surface area (Å²) in [5, 5.41) is 0.961. The van der Waals surface area contributed by atoms with Crippen molar-refractivity contribution in [1.82, 2.24) is 0 Å². The highest BCUT2D eigenvalue weighted by Crippen LogP contribution is 2.37. The Hall–Kier alpha value is -3.86. The minimum absolute atomic E-state index is 0.262. The Labute approximate surface area is 207 Å². The lowest BCUT2D eigenvalue weighted by atomic mass is 10.1. The van der Waals surface area contributed by atoms with E-state index in [0.29, 0.717) is 38.6 Å². The Morgan fingerprint density at radius 2 is 1.47 bits per heavy atom. The Kier molecular flexibility index (Phi) is 6.17. The van der Waals surface area contributed by atoms with Crippen LogP contribution in [0.3, 0.4) is 0 Å². The van der Waals surface area contributed by atoms with E-state index in [1.807, 2.05) is 84.9 Å². The number of amidine groups is 1. The summed E-state index contributed by atoms with van der Waals surface area (Å²) in [7, 11) is 0. The number of amides is 1. The minimum Gasteiger partial charge on any atom is -0.455 e. The van der Waals surface area contributed by atoms with E-state index >= 15 is 0 Å². The standard InChI is InChI=1S/C28H18Cl2N2O2/c29-21-16-15-20(23(30)18-21)17-24-28(33)32(27(31-24)19-9-3-1-4-10-19)25-13-7-8-14-26(25)34-22-11-5-2-6-12-22/h1-18H. The summed E-state index contributed by atoms with van der Waals surface area (Å²) in [5.74, 6) is 1.43. The van der Waals surface area contributed by atoms with Crippen molar-refractivity contribution in [2.24, 2.45) is 4.99 Å². The number of ether oxygens (including phenoxy) is 1. The van der Waals surface area contributed by atoms with Crippen molar-refractivity contribution in [2.75, 3.05) is 4.90 Å². The average molecular weight is 485 g/mol. The molecule has 0 N–H and O–H groups in total. The number of benzene rings is 4. The fourth-order valence-corrected chi connectivity index (χ4v) is 4.09. The first kappa shape index (κ1) is 22.0. The van der Waals surface area contributed by atoms with Crippen molar-refractivity contribution in [3.63, 3.8) is 0 Å². The Bertz CT molecular complexity index is 1420. The predicted molar refractivity (Wildman–Crippen MR) is 138 cm³/mol. The van der Waals surface area contributed by atoms with E-state index in [1.54, 1.807) is 29.2 Å². The van der Waals surface area contributed by atoms with E-state index in [4.69, 9.17) is 32.9 Å². The normalized spacial score (nSPS) is 14.4. The fraction of sp³-hybridized carbons (Fsp3) is 0. The van der Waals surface area contributed by atoms with Gasteiger partial charge in [0.2, 0.25) is 0 Å².